The number of benzene rings is 2. The minimum Gasteiger partial charge on any atom is -0.497 e. The van der Waals surface area contributed by atoms with Crippen molar-refractivity contribution in [1.82, 2.24) is 5.32 Å². The second-order valence-electron chi connectivity index (χ2n) is 7.44. The van der Waals surface area contributed by atoms with Crippen LogP contribution in [0.2, 0.25) is 0 Å². The number of anilines is 2. The number of sulfonamides is 1. The van der Waals surface area contributed by atoms with E-state index < -0.39 is 15.9 Å². The smallest absolute Gasteiger partial charge is 0.241 e. The lowest BCUT2D eigenvalue weighted by Gasteiger charge is -2.24. The molecule has 0 spiro atoms. The van der Waals surface area contributed by atoms with Crippen LogP contribution in [0, 0.1) is 0 Å². The molecule has 168 valence electrons. The molecule has 0 radical (unpaired) electrons. The van der Waals surface area contributed by atoms with Crippen molar-refractivity contribution in [2.75, 3.05) is 49.3 Å². The monoisotopic (exact) mass is 447 g/mol. The Morgan fingerprint density at radius 1 is 1.06 bits per heavy atom. The Morgan fingerprint density at radius 2 is 1.74 bits per heavy atom. The second-order valence-corrected chi connectivity index (χ2v) is 9.35. The van der Waals surface area contributed by atoms with Gasteiger partial charge in [-0.05, 0) is 42.7 Å². The van der Waals surface area contributed by atoms with Crippen molar-refractivity contribution in [1.29, 1.82) is 0 Å². The zero-order valence-corrected chi connectivity index (χ0v) is 18.9. The summed E-state index contributed by atoms with van der Waals surface area (Å²) in [5, 5.41) is 2.80. The number of hydrogen-bond donors (Lipinski definition) is 1. The summed E-state index contributed by atoms with van der Waals surface area (Å²) in [6.45, 7) is 2.09. The lowest BCUT2D eigenvalue weighted by Crippen LogP contribution is -2.40. The predicted molar refractivity (Wildman–Crippen MR) is 121 cm³/mol. The first-order valence-corrected chi connectivity index (χ1v) is 12.0. The van der Waals surface area contributed by atoms with Gasteiger partial charge in [0.2, 0.25) is 15.9 Å². The number of ether oxygens (including phenoxy) is 2. The Balaban J connectivity index is 1.68. The molecule has 1 heterocycles. The largest absolute Gasteiger partial charge is 0.497 e. The molecule has 2 aromatic rings. The van der Waals surface area contributed by atoms with E-state index in [0.717, 1.165) is 29.2 Å². The normalized spacial score (nSPS) is 13.7. The van der Waals surface area contributed by atoms with E-state index in [9.17, 15) is 13.2 Å². The Hall–Kier alpha value is -2.94. The SMILES string of the molecule is COc1ccc(OC)c(N(CC(=O)NCc2ccc(N3CCCC3)cc2)S(C)(=O)=O)c1. The highest BCUT2D eigenvalue weighted by atomic mass is 32.2. The zero-order chi connectivity index (χ0) is 22.4. The van der Waals surface area contributed by atoms with E-state index in [1.807, 2.05) is 12.1 Å². The molecule has 1 fully saturated rings. The lowest BCUT2D eigenvalue weighted by atomic mass is 10.2. The summed E-state index contributed by atoms with van der Waals surface area (Å²) in [6, 6.07) is 12.9. The molecule has 1 aliphatic rings. The molecule has 3 rings (SSSR count). The molecule has 8 nitrogen and oxygen atoms in total. The zero-order valence-electron chi connectivity index (χ0n) is 18.1. The van der Waals surface area contributed by atoms with E-state index in [4.69, 9.17) is 9.47 Å². The van der Waals surface area contributed by atoms with Crippen LogP contribution < -0.4 is 24.0 Å². The van der Waals surface area contributed by atoms with Crippen molar-refractivity contribution in [2.45, 2.75) is 19.4 Å². The molecule has 1 saturated heterocycles. The van der Waals surface area contributed by atoms with Crippen molar-refractivity contribution in [2.24, 2.45) is 0 Å². The number of rotatable bonds is 9. The number of methoxy groups -OCH3 is 2. The maximum absolute atomic E-state index is 12.6. The van der Waals surface area contributed by atoms with E-state index in [0.29, 0.717) is 18.0 Å². The molecule has 0 atom stereocenters. The quantitative estimate of drug-likeness (QED) is 0.635. The van der Waals surface area contributed by atoms with Gasteiger partial charge in [-0.25, -0.2) is 8.42 Å². The Labute approximate surface area is 183 Å². The van der Waals surface area contributed by atoms with Crippen LogP contribution in [0.15, 0.2) is 42.5 Å². The summed E-state index contributed by atoms with van der Waals surface area (Å²) in [4.78, 5) is 14.9. The number of amides is 1. The molecule has 0 bridgehead atoms. The van der Waals surface area contributed by atoms with E-state index in [-0.39, 0.29) is 12.2 Å². The van der Waals surface area contributed by atoms with E-state index in [1.54, 1.807) is 12.1 Å². The van der Waals surface area contributed by atoms with Crippen LogP contribution >= 0.6 is 0 Å². The third-order valence-corrected chi connectivity index (χ3v) is 6.37. The average molecular weight is 448 g/mol. The van der Waals surface area contributed by atoms with E-state index >= 15 is 0 Å². The van der Waals surface area contributed by atoms with Crippen molar-refractivity contribution >= 4 is 27.3 Å². The lowest BCUT2D eigenvalue weighted by molar-refractivity contribution is -0.119. The Kier molecular flexibility index (Phi) is 7.27. The van der Waals surface area contributed by atoms with Gasteiger partial charge in [0.25, 0.3) is 0 Å². The van der Waals surface area contributed by atoms with Gasteiger partial charge in [0, 0.05) is 31.4 Å². The molecular formula is C22H29N3O5S. The molecule has 9 heteroatoms. The molecule has 0 aliphatic carbocycles. The molecule has 2 aromatic carbocycles. The summed E-state index contributed by atoms with van der Waals surface area (Å²) >= 11 is 0. The number of carbonyl (C=O) groups excluding carboxylic acids is 1. The summed E-state index contributed by atoms with van der Waals surface area (Å²) in [7, 11) is -0.811. The average Bonchev–Trinajstić information content (AvgIpc) is 3.30. The number of hydrogen-bond acceptors (Lipinski definition) is 6. The summed E-state index contributed by atoms with van der Waals surface area (Å²) < 4.78 is 36.3. The highest BCUT2D eigenvalue weighted by Crippen LogP contribution is 2.33. The van der Waals surface area contributed by atoms with Gasteiger partial charge in [-0.2, -0.15) is 0 Å². The van der Waals surface area contributed by atoms with Gasteiger partial charge in [0.05, 0.1) is 26.2 Å². The Morgan fingerprint density at radius 3 is 2.32 bits per heavy atom. The predicted octanol–water partition coefficient (Wildman–Crippen LogP) is 2.39. The van der Waals surface area contributed by atoms with Gasteiger partial charge in [0.15, 0.2) is 0 Å². The Bertz CT molecular complexity index is 1000. The van der Waals surface area contributed by atoms with Crippen LogP contribution in [0.3, 0.4) is 0 Å². The molecule has 1 amide bonds. The van der Waals surface area contributed by atoms with Gasteiger partial charge >= 0.3 is 0 Å². The van der Waals surface area contributed by atoms with Gasteiger partial charge < -0.3 is 19.7 Å². The van der Waals surface area contributed by atoms with Crippen LogP contribution in [-0.2, 0) is 21.4 Å². The van der Waals surface area contributed by atoms with Gasteiger partial charge in [-0.15, -0.1) is 0 Å². The summed E-state index contributed by atoms with van der Waals surface area (Å²) in [5.41, 5.74) is 2.37. The summed E-state index contributed by atoms with van der Waals surface area (Å²) in [6.07, 6.45) is 3.48. The molecule has 31 heavy (non-hydrogen) atoms. The topological polar surface area (TPSA) is 88.2 Å². The van der Waals surface area contributed by atoms with Crippen LogP contribution in [-0.4, -0.2) is 54.4 Å². The fourth-order valence-corrected chi connectivity index (χ4v) is 4.41. The minimum absolute atomic E-state index is 0.245. The molecule has 1 aliphatic heterocycles. The minimum atomic E-state index is -3.74. The molecule has 1 N–H and O–H groups in total. The number of nitrogens with one attached hydrogen (secondary N) is 1. The number of nitrogens with zero attached hydrogens (tertiary/aromatic N) is 2. The first kappa shape index (κ1) is 22.7. The van der Waals surface area contributed by atoms with Crippen LogP contribution in [0.1, 0.15) is 18.4 Å². The number of carbonyl (C=O) groups is 1. The third-order valence-electron chi connectivity index (χ3n) is 5.24. The first-order valence-electron chi connectivity index (χ1n) is 10.1. The summed E-state index contributed by atoms with van der Waals surface area (Å²) in [5.74, 6) is 0.374. The van der Waals surface area contributed by atoms with Crippen LogP contribution in [0.25, 0.3) is 0 Å². The maximum atomic E-state index is 12.6. The molecular weight excluding hydrogens is 418 g/mol. The highest BCUT2D eigenvalue weighted by molar-refractivity contribution is 7.92. The van der Waals surface area contributed by atoms with E-state index in [2.05, 4.69) is 22.3 Å². The van der Waals surface area contributed by atoms with Crippen LogP contribution in [0.5, 0.6) is 11.5 Å². The standard InChI is InChI=1S/C22H29N3O5S/c1-29-19-10-11-21(30-2)20(14-19)25(31(3,27)28)16-22(26)23-15-17-6-8-18(9-7-17)24-12-4-5-13-24/h6-11,14H,4-5,12-13,15-16H2,1-3H3,(H,23,26). The second kappa shape index (κ2) is 9.91. The van der Waals surface area contributed by atoms with Gasteiger partial charge in [-0.3, -0.25) is 9.10 Å². The van der Waals surface area contributed by atoms with E-state index in [1.165, 1.54) is 38.8 Å². The maximum Gasteiger partial charge on any atom is 0.241 e. The molecule has 0 unspecified atom stereocenters. The molecule has 0 saturated carbocycles. The fraction of sp³-hybridized carbons (Fsp3) is 0.409. The third kappa shape index (κ3) is 5.81. The van der Waals surface area contributed by atoms with Gasteiger partial charge in [-0.1, -0.05) is 12.1 Å². The molecule has 0 aromatic heterocycles. The fourth-order valence-electron chi connectivity index (χ4n) is 3.56. The van der Waals surface area contributed by atoms with Crippen molar-refractivity contribution in [3.05, 3.63) is 48.0 Å². The van der Waals surface area contributed by atoms with Gasteiger partial charge in [0.1, 0.15) is 18.0 Å². The first-order chi connectivity index (χ1) is 14.8. The van der Waals surface area contributed by atoms with Crippen molar-refractivity contribution in [3.8, 4) is 11.5 Å². The van der Waals surface area contributed by atoms with Crippen molar-refractivity contribution < 1.29 is 22.7 Å². The highest BCUT2D eigenvalue weighted by Gasteiger charge is 2.24. The van der Waals surface area contributed by atoms with Crippen LogP contribution in [0.4, 0.5) is 11.4 Å². The van der Waals surface area contributed by atoms with Crippen molar-refractivity contribution in [3.63, 3.8) is 0 Å².